The van der Waals surface area contributed by atoms with Crippen LogP contribution in [0.5, 0.6) is 5.75 Å². The van der Waals surface area contributed by atoms with Crippen LogP contribution >= 0.6 is 0 Å². The van der Waals surface area contributed by atoms with Gasteiger partial charge in [0.25, 0.3) is 5.91 Å². The zero-order valence-corrected chi connectivity index (χ0v) is 17.2. The molecule has 0 radical (unpaired) electrons. The van der Waals surface area contributed by atoms with E-state index >= 15 is 0 Å². The van der Waals surface area contributed by atoms with E-state index in [4.69, 9.17) is 4.74 Å². The van der Waals surface area contributed by atoms with Crippen LogP contribution in [-0.4, -0.2) is 69.4 Å². The van der Waals surface area contributed by atoms with Crippen molar-refractivity contribution in [3.05, 3.63) is 60.2 Å². The van der Waals surface area contributed by atoms with E-state index < -0.39 is 16.1 Å². The molecule has 0 spiro atoms. The quantitative estimate of drug-likeness (QED) is 0.664. The molecule has 4 rings (SSSR count). The molecule has 0 saturated carbocycles. The van der Waals surface area contributed by atoms with Crippen LogP contribution in [0.25, 0.3) is 0 Å². The Labute approximate surface area is 175 Å². The summed E-state index contributed by atoms with van der Waals surface area (Å²) in [4.78, 5) is 27.2. The number of rotatable bonds is 5. The number of anilines is 1. The smallest absolute Gasteiger partial charge is 0.265 e. The third kappa shape index (κ3) is 4.11. The van der Waals surface area contributed by atoms with E-state index in [1.165, 1.54) is 4.31 Å². The molecule has 30 heavy (non-hydrogen) atoms. The minimum absolute atomic E-state index is 0.0844. The zero-order chi connectivity index (χ0) is 21.1. The van der Waals surface area contributed by atoms with Gasteiger partial charge in [-0.1, -0.05) is 42.5 Å². The Kier molecular flexibility index (Phi) is 5.63. The normalized spacial score (nSPS) is 19.1. The highest BCUT2D eigenvalue weighted by Gasteiger charge is 2.38. The molecule has 158 valence electrons. The molecule has 9 heteroatoms. The van der Waals surface area contributed by atoms with Crippen LogP contribution in [0.2, 0.25) is 0 Å². The van der Waals surface area contributed by atoms with Crippen LogP contribution in [-0.2, 0) is 25.4 Å². The van der Waals surface area contributed by atoms with Gasteiger partial charge >= 0.3 is 0 Å². The lowest BCUT2D eigenvalue weighted by molar-refractivity contribution is -0.141. The molecule has 8 nitrogen and oxygen atoms in total. The molecule has 2 aromatic rings. The third-order valence-corrected chi connectivity index (χ3v) is 7.03. The molecule has 1 saturated heterocycles. The number of amides is 2. The fourth-order valence-corrected chi connectivity index (χ4v) is 5.29. The van der Waals surface area contributed by atoms with Gasteiger partial charge in [0.2, 0.25) is 16.4 Å². The molecule has 2 aliphatic rings. The number of carbonyl (C=O) groups is 2. The number of carbonyl (C=O) groups excluding carboxylic acids is 2. The van der Waals surface area contributed by atoms with Crippen molar-refractivity contribution in [2.45, 2.75) is 11.9 Å². The monoisotopic (exact) mass is 429 g/mol. The number of benzene rings is 2. The minimum atomic E-state index is -3.73. The van der Waals surface area contributed by atoms with Gasteiger partial charge in [-0.3, -0.25) is 13.9 Å². The maximum absolute atomic E-state index is 13.2. The molecule has 0 N–H and O–H groups in total. The lowest BCUT2D eigenvalue weighted by Crippen LogP contribution is -2.56. The largest absolute Gasteiger partial charge is 0.476 e. The van der Waals surface area contributed by atoms with Crippen molar-refractivity contribution in [1.29, 1.82) is 0 Å². The summed E-state index contributed by atoms with van der Waals surface area (Å²) in [6.07, 6.45) is -0.166. The van der Waals surface area contributed by atoms with Crippen LogP contribution in [0.15, 0.2) is 54.6 Å². The van der Waals surface area contributed by atoms with E-state index in [0.29, 0.717) is 43.2 Å². The Morgan fingerprint density at radius 2 is 1.67 bits per heavy atom. The number of fused-ring (bicyclic) bond motifs is 1. The first-order chi connectivity index (χ1) is 14.5. The molecule has 2 amide bonds. The first-order valence-electron chi connectivity index (χ1n) is 9.76. The number of ether oxygens (including phenoxy) is 1. The van der Waals surface area contributed by atoms with E-state index in [1.807, 2.05) is 6.07 Å². The van der Waals surface area contributed by atoms with E-state index in [1.54, 1.807) is 58.3 Å². The van der Waals surface area contributed by atoms with Crippen molar-refractivity contribution < 1.29 is 22.7 Å². The molecular weight excluding hydrogens is 406 g/mol. The molecule has 0 aromatic heterocycles. The maximum Gasteiger partial charge on any atom is 0.265 e. The van der Waals surface area contributed by atoms with E-state index in [2.05, 4.69) is 0 Å². The Morgan fingerprint density at radius 1 is 1.00 bits per heavy atom. The lowest BCUT2D eigenvalue weighted by Gasteiger charge is -2.39. The highest BCUT2D eigenvalue weighted by molar-refractivity contribution is 7.92. The molecule has 2 heterocycles. The van der Waals surface area contributed by atoms with Crippen molar-refractivity contribution in [2.75, 3.05) is 37.0 Å². The first-order valence-corrected chi connectivity index (χ1v) is 11.4. The molecule has 0 unspecified atom stereocenters. The average molecular weight is 429 g/mol. The Morgan fingerprint density at radius 3 is 2.37 bits per heavy atom. The maximum atomic E-state index is 13.2. The Bertz CT molecular complexity index is 1020. The van der Waals surface area contributed by atoms with Gasteiger partial charge in [0.15, 0.2) is 6.10 Å². The number of piperazine rings is 1. The summed E-state index contributed by atoms with van der Waals surface area (Å²) in [5, 5.41) is 0. The second-order valence-corrected chi connectivity index (χ2v) is 9.21. The summed E-state index contributed by atoms with van der Waals surface area (Å²) >= 11 is 0. The van der Waals surface area contributed by atoms with Gasteiger partial charge in [0.05, 0.1) is 18.0 Å². The van der Waals surface area contributed by atoms with Gasteiger partial charge in [-0.15, -0.1) is 0 Å². The van der Waals surface area contributed by atoms with Crippen molar-refractivity contribution >= 4 is 28.0 Å². The fraction of sp³-hybridized carbons (Fsp3) is 0.333. The Hall–Kier alpha value is -3.07. The van der Waals surface area contributed by atoms with Crippen LogP contribution in [0.1, 0.15) is 5.56 Å². The standard InChI is InChI=1S/C21H23N3O5S/c25-16-22-10-12-23(13-11-22)21(26)20-14-24(18-8-4-5-9-19(18)29-20)30(27,28)15-17-6-2-1-3-7-17/h1-9,16,20H,10-15H2/t20-/m1/s1. The summed E-state index contributed by atoms with van der Waals surface area (Å²) in [5.41, 5.74) is 1.11. The van der Waals surface area contributed by atoms with Gasteiger partial charge in [0, 0.05) is 26.2 Å². The number of hydrogen-bond donors (Lipinski definition) is 0. The van der Waals surface area contributed by atoms with Crippen LogP contribution in [0.3, 0.4) is 0 Å². The molecule has 1 atom stereocenters. The summed E-state index contributed by atoms with van der Waals surface area (Å²) in [6.45, 7) is 1.62. The predicted octanol–water partition coefficient (Wildman–Crippen LogP) is 1.08. The van der Waals surface area contributed by atoms with Crippen LogP contribution < -0.4 is 9.04 Å². The molecule has 0 aliphatic carbocycles. The minimum Gasteiger partial charge on any atom is -0.476 e. The van der Waals surface area contributed by atoms with E-state index in [0.717, 1.165) is 6.41 Å². The van der Waals surface area contributed by atoms with Crippen molar-refractivity contribution in [3.63, 3.8) is 0 Å². The van der Waals surface area contributed by atoms with E-state index in [-0.39, 0.29) is 18.2 Å². The van der Waals surface area contributed by atoms with Crippen molar-refractivity contribution in [2.24, 2.45) is 0 Å². The van der Waals surface area contributed by atoms with Gasteiger partial charge in [-0.2, -0.15) is 0 Å². The van der Waals surface area contributed by atoms with Gasteiger partial charge in [0.1, 0.15) is 5.75 Å². The van der Waals surface area contributed by atoms with Gasteiger partial charge in [-0.25, -0.2) is 8.42 Å². The summed E-state index contributed by atoms with van der Waals surface area (Å²) in [7, 11) is -3.73. The third-order valence-electron chi connectivity index (χ3n) is 5.31. The first kappa shape index (κ1) is 20.2. The average Bonchev–Trinajstić information content (AvgIpc) is 2.78. The molecule has 2 aromatic carbocycles. The summed E-state index contributed by atoms with van der Waals surface area (Å²) in [6, 6.07) is 15.8. The van der Waals surface area contributed by atoms with Crippen molar-refractivity contribution in [3.8, 4) is 5.75 Å². The van der Waals surface area contributed by atoms with Gasteiger partial charge < -0.3 is 14.5 Å². The zero-order valence-electron chi connectivity index (χ0n) is 16.4. The second kappa shape index (κ2) is 8.35. The fourth-order valence-electron chi connectivity index (χ4n) is 3.71. The molecule has 2 aliphatic heterocycles. The van der Waals surface area contributed by atoms with Crippen molar-refractivity contribution in [1.82, 2.24) is 9.80 Å². The summed E-state index contributed by atoms with van der Waals surface area (Å²) < 4.78 is 33.7. The van der Waals surface area contributed by atoms with Crippen LogP contribution in [0.4, 0.5) is 5.69 Å². The number of hydrogen-bond acceptors (Lipinski definition) is 5. The second-order valence-electron chi connectivity index (χ2n) is 7.31. The lowest BCUT2D eigenvalue weighted by atomic mass is 10.2. The predicted molar refractivity (Wildman–Crippen MR) is 111 cm³/mol. The number of para-hydroxylation sites is 2. The molecular formula is C21H23N3O5S. The number of nitrogens with zero attached hydrogens (tertiary/aromatic N) is 3. The number of sulfonamides is 1. The SMILES string of the molecule is O=CN1CCN(C(=O)[C@H]2CN(S(=O)(=O)Cc3ccccc3)c3ccccc3O2)CC1. The molecule has 1 fully saturated rings. The highest BCUT2D eigenvalue weighted by atomic mass is 32.2. The van der Waals surface area contributed by atoms with E-state index in [9.17, 15) is 18.0 Å². The molecule has 0 bridgehead atoms. The van der Waals surface area contributed by atoms with Gasteiger partial charge in [-0.05, 0) is 17.7 Å². The highest BCUT2D eigenvalue weighted by Crippen LogP contribution is 2.36. The summed E-state index contributed by atoms with van der Waals surface area (Å²) in [5.74, 6) is -0.0681. The van der Waals surface area contributed by atoms with Crippen LogP contribution in [0, 0.1) is 0 Å². The Balaban J connectivity index is 1.58. The topological polar surface area (TPSA) is 87.2 Å².